The Morgan fingerprint density at radius 2 is 2.00 bits per heavy atom. The van der Waals surface area contributed by atoms with Gasteiger partial charge in [0, 0.05) is 11.0 Å². The molecule has 0 aromatic heterocycles. The van der Waals surface area contributed by atoms with Gasteiger partial charge >= 0.3 is 0 Å². The summed E-state index contributed by atoms with van der Waals surface area (Å²) in [6.45, 7) is 2.78. The third kappa shape index (κ3) is 2.77. The molecule has 1 nitrogen and oxygen atoms in total. The van der Waals surface area contributed by atoms with E-state index in [0.29, 0.717) is 6.54 Å². The second kappa shape index (κ2) is 5.57. The predicted octanol–water partition coefficient (Wildman–Crippen LogP) is 2.89. The van der Waals surface area contributed by atoms with Gasteiger partial charge in [0.1, 0.15) is 0 Å². The van der Waals surface area contributed by atoms with E-state index in [-0.39, 0.29) is 12.4 Å². The summed E-state index contributed by atoms with van der Waals surface area (Å²) in [5.74, 6) is 0. The first kappa shape index (κ1) is 11.9. The molecule has 0 spiro atoms. The Bertz CT molecular complexity index is 250. The number of benzene rings is 1. The maximum atomic E-state index is 5.56. The lowest BCUT2D eigenvalue weighted by Crippen LogP contribution is -2.00. The van der Waals surface area contributed by atoms with Crippen LogP contribution >= 0.6 is 28.3 Å². The fraction of sp³-hybridized carbons (Fsp3) is 0.333. The molecule has 0 aliphatic rings. The number of nitrogens with two attached hydrogens (primary N) is 1. The normalized spacial score (nSPS) is 9.25. The van der Waals surface area contributed by atoms with Crippen LogP contribution in [0, 0.1) is 0 Å². The van der Waals surface area contributed by atoms with Crippen molar-refractivity contribution in [2.45, 2.75) is 19.9 Å². The van der Waals surface area contributed by atoms with E-state index < -0.39 is 0 Å². The Labute approximate surface area is 87.9 Å². The second-order valence-corrected chi connectivity index (χ2v) is 3.39. The minimum absolute atomic E-state index is 0. The summed E-state index contributed by atoms with van der Waals surface area (Å²) in [7, 11) is 0. The van der Waals surface area contributed by atoms with Crippen LogP contribution in [0.3, 0.4) is 0 Å². The van der Waals surface area contributed by atoms with Crippen LogP contribution in [0.25, 0.3) is 0 Å². The van der Waals surface area contributed by atoms with Gasteiger partial charge in [-0.05, 0) is 29.7 Å². The quantitative estimate of drug-likeness (QED) is 0.858. The zero-order valence-electron chi connectivity index (χ0n) is 7.01. The van der Waals surface area contributed by atoms with E-state index >= 15 is 0 Å². The molecular formula is C9H13BrClN. The van der Waals surface area contributed by atoms with Crippen LogP contribution in [0.1, 0.15) is 18.1 Å². The third-order valence-corrected chi connectivity index (χ3v) is 2.26. The molecule has 0 atom stereocenters. The van der Waals surface area contributed by atoms with Gasteiger partial charge in [0.2, 0.25) is 0 Å². The van der Waals surface area contributed by atoms with Crippen LogP contribution in [0.4, 0.5) is 0 Å². The minimum atomic E-state index is 0. The highest BCUT2D eigenvalue weighted by atomic mass is 79.9. The zero-order chi connectivity index (χ0) is 8.27. The van der Waals surface area contributed by atoms with E-state index in [0.717, 1.165) is 10.9 Å². The Morgan fingerprint density at radius 3 is 2.50 bits per heavy atom. The van der Waals surface area contributed by atoms with Crippen LogP contribution < -0.4 is 5.73 Å². The molecule has 0 aliphatic heterocycles. The Balaban J connectivity index is 0.00000121. The molecule has 1 rings (SSSR count). The molecule has 0 amide bonds. The molecule has 0 heterocycles. The maximum Gasteiger partial charge on any atom is 0.0180 e. The number of hydrogen-bond donors (Lipinski definition) is 1. The summed E-state index contributed by atoms with van der Waals surface area (Å²) in [6, 6.07) is 6.23. The molecule has 1 aromatic rings. The van der Waals surface area contributed by atoms with Crippen LogP contribution in [0.15, 0.2) is 22.7 Å². The number of hydrogen-bond acceptors (Lipinski definition) is 1. The van der Waals surface area contributed by atoms with Gasteiger partial charge in [0.15, 0.2) is 0 Å². The molecular weight excluding hydrogens is 237 g/mol. The molecule has 0 fully saturated rings. The maximum absolute atomic E-state index is 5.56. The van der Waals surface area contributed by atoms with Gasteiger partial charge in [-0.2, -0.15) is 0 Å². The molecule has 0 saturated heterocycles. The van der Waals surface area contributed by atoms with Gasteiger partial charge in [-0.15, -0.1) is 12.4 Å². The molecule has 0 radical (unpaired) electrons. The first-order valence-corrected chi connectivity index (χ1v) is 4.54. The van der Waals surface area contributed by atoms with Gasteiger partial charge in [0.05, 0.1) is 0 Å². The fourth-order valence-electron chi connectivity index (χ4n) is 1.12. The van der Waals surface area contributed by atoms with Gasteiger partial charge < -0.3 is 5.73 Å². The molecule has 0 aliphatic carbocycles. The van der Waals surface area contributed by atoms with Crippen molar-refractivity contribution in [1.29, 1.82) is 0 Å². The highest BCUT2D eigenvalue weighted by molar-refractivity contribution is 9.10. The summed E-state index contributed by atoms with van der Waals surface area (Å²) in [6.07, 6.45) is 1.05. The van der Waals surface area contributed by atoms with E-state index in [2.05, 4.69) is 35.0 Å². The van der Waals surface area contributed by atoms with E-state index in [1.165, 1.54) is 11.1 Å². The highest BCUT2D eigenvalue weighted by Gasteiger charge is 1.98. The zero-order valence-corrected chi connectivity index (χ0v) is 9.41. The summed E-state index contributed by atoms with van der Waals surface area (Å²) < 4.78 is 1.13. The van der Waals surface area contributed by atoms with Crippen LogP contribution in [0.5, 0.6) is 0 Å². The molecule has 0 unspecified atom stereocenters. The Kier molecular flexibility index (Phi) is 5.55. The van der Waals surface area contributed by atoms with Gasteiger partial charge in [0.25, 0.3) is 0 Å². The summed E-state index contributed by atoms with van der Waals surface area (Å²) in [5, 5.41) is 0. The molecule has 2 N–H and O–H groups in total. The molecule has 1 aromatic carbocycles. The predicted molar refractivity (Wildman–Crippen MR) is 58.7 cm³/mol. The van der Waals surface area contributed by atoms with E-state index in [1.807, 2.05) is 6.07 Å². The highest BCUT2D eigenvalue weighted by Crippen LogP contribution is 2.16. The Hall–Kier alpha value is -0.0500. The van der Waals surface area contributed by atoms with Crippen LogP contribution in [-0.2, 0) is 13.0 Å². The number of halogens is 2. The van der Waals surface area contributed by atoms with Crippen LogP contribution in [0.2, 0.25) is 0 Å². The largest absolute Gasteiger partial charge is 0.326 e. The average molecular weight is 251 g/mol. The minimum Gasteiger partial charge on any atom is -0.326 e. The molecule has 0 saturated carbocycles. The monoisotopic (exact) mass is 249 g/mol. The number of aryl methyl sites for hydroxylation is 1. The van der Waals surface area contributed by atoms with Crippen molar-refractivity contribution in [2.75, 3.05) is 0 Å². The molecule has 3 heteroatoms. The molecule has 68 valence electrons. The standard InChI is InChI=1S/C9H12BrN.ClH/c1-2-7-5-9(10)4-3-8(7)6-11;/h3-5H,2,6,11H2,1H3;1H. The summed E-state index contributed by atoms with van der Waals surface area (Å²) in [4.78, 5) is 0. The average Bonchev–Trinajstić information content (AvgIpc) is 2.04. The summed E-state index contributed by atoms with van der Waals surface area (Å²) in [5.41, 5.74) is 8.14. The van der Waals surface area contributed by atoms with Gasteiger partial charge in [-0.25, -0.2) is 0 Å². The lowest BCUT2D eigenvalue weighted by atomic mass is 10.1. The lowest BCUT2D eigenvalue weighted by molar-refractivity contribution is 1.00. The number of rotatable bonds is 2. The smallest absolute Gasteiger partial charge is 0.0180 e. The van der Waals surface area contributed by atoms with E-state index in [1.54, 1.807) is 0 Å². The van der Waals surface area contributed by atoms with Crippen molar-refractivity contribution < 1.29 is 0 Å². The van der Waals surface area contributed by atoms with Gasteiger partial charge in [-0.1, -0.05) is 28.9 Å². The van der Waals surface area contributed by atoms with Crippen molar-refractivity contribution >= 4 is 28.3 Å². The van der Waals surface area contributed by atoms with Crippen molar-refractivity contribution in [1.82, 2.24) is 0 Å². The lowest BCUT2D eigenvalue weighted by Gasteiger charge is -2.04. The first-order chi connectivity index (χ1) is 5.27. The molecule has 12 heavy (non-hydrogen) atoms. The van der Waals surface area contributed by atoms with E-state index in [9.17, 15) is 0 Å². The summed E-state index contributed by atoms with van der Waals surface area (Å²) >= 11 is 3.43. The van der Waals surface area contributed by atoms with Crippen molar-refractivity contribution in [2.24, 2.45) is 5.73 Å². The third-order valence-electron chi connectivity index (χ3n) is 1.77. The SMILES string of the molecule is CCc1cc(Br)ccc1CN.Cl. The van der Waals surface area contributed by atoms with Crippen molar-refractivity contribution in [3.8, 4) is 0 Å². The first-order valence-electron chi connectivity index (χ1n) is 3.75. The Morgan fingerprint density at radius 1 is 1.33 bits per heavy atom. The molecule has 0 bridgehead atoms. The fourth-order valence-corrected chi connectivity index (χ4v) is 1.53. The topological polar surface area (TPSA) is 26.0 Å². The van der Waals surface area contributed by atoms with E-state index in [4.69, 9.17) is 5.73 Å². The van der Waals surface area contributed by atoms with Crippen molar-refractivity contribution in [3.05, 3.63) is 33.8 Å². The van der Waals surface area contributed by atoms with Crippen LogP contribution in [-0.4, -0.2) is 0 Å². The van der Waals surface area contributed by atoms with Gasteiger partial charge in [-0.3, -0.25) is 0 Å². The van der Waals surface area contributed by atoms with Crippen molar-refractivity contribution in [3.63, 3.8) is 0 Å². The second-order valence-electron chi connectivity index (χ2n) is 2.47.